The lowest BCUT2D eigenvalue weighted by Gasteiger charge is -2.36. The summed E-state index contributed by atoms with van der Waals surface area (Å²) in [7, 11) is -1.89. The Labute approximate surface area is 221 Å². The minimum atomic E-state index is -2.48. The third-order valence-corrected chi connectivity index (χ3v) is 11.4. The Bertz CT molecular complexity index is 1670. The molecule has 0 radical (unpaired) electrons. The SMILES string of the molecule is [2H]C([2H])([2H])n1ncc(-c2ccc3nc(-c4cccnc4N)n(-c4ccc(CO[Si](C)(C)C(C)(C)C)cc4)c3n2)n1. The lowest BCUT2D eigenvalue weighted by Crippen LogP contribution is -2.40. The molecule has 4 heterocycles. The molecule has 0 aliphatic carbocycles. The smallest absolute Gasteiger partial charge is 0.192 e. The minimum absolute atomic E-state index is 0.124. The van der Waals surface area contributed by atoms with Crippen LogP contribution in [-0.2, 0) is 18.0 Å². The van der Waals surface area contributed by atoms with Crippen molar-refractivity contribution in [2.24, 2.45) is 6.98 Å². The van der Waals surface area contributed by atoms with E-state index in [1.54, 1.807) is 12.3 Å². The molecule has 0 bridgehead atoms. The third-order valence-electron chi connectivity index (χ3n) is 6.94. The van der Waals surface area contributed by atoms with Crippen LogP contribution in [0.2, 0.25) is 18.1 Å². The van der Waals surface area contributed by atoms with Crippen molar-refractivity contribution < 1.29 is 8.54 Å². The van der Waals surface area contributed by atoms with Gasteiger partial charge in [0.15, 0.2) is 19.8 Å². The van der Waals surface area contributed by atoms with Crippen LogP contribution >= 0.6 is 0 Å². The highest BCUT2D eigenvalue weighted by Crippen LogP contribution is 2.37. The van der Waals surface area contributed by atoms with Crippen LogP contribution < -0.4 is 5.73 Å². The molecule has 5 aromatic rings. The number of hydrogen-bond acceptors (Lipinski definition) is 7. The van der Waals surface area contributed by atoms with Gasteiger partial charge in [-0.3, -0.25) is 4.57 Å². The van der Waals surface area contributed by atoms with Gasteiger partial charge in [0.1, 0.15) is 17.0 Å². The highest BCUT2D eigenvalue weighted by atomic mass is 28.4. The molecule has 2 N–H and O–H groups in total. The molecule has 0 unspecified atom stereocenters. The number of imidazole rings is 1. The van der Waals surface area contributed by atoms with Gasteiger partial charge in [0.05, 0.1) is 24.1 Å². The first-order valence-electron chi connectivity index (χ1n) is 13.5. The number of aryl methyl sites for hydroxylation is 1. The van der Waals surface area contributed by atoms with E-state index in [-0.39, 0.29) is 5.04 Å². The zero-order valence-corrected chi connectivity index (χ0v) is 22.6. The van der Waals surface area contributed by atoms with Crippen LogP contribution in [0.1, 0.15) is 30.4 Å². The predicted molar refractivity (Wildman–Crippen MR) is 148 cm³/mol. The summed E-state index contributed by atoms with van der Waals surface area (Å²) in [4.78, 5) is 14.6. The van der Waals surface area contributed by atoms with E-state index in [9.17, 15) is 0 Å². The first-order valence-corrected chi connectivity index (χ1v) is 14.9. The van der Waals surface area contributed by atoms with Crippen LogP contribution in [0.3, 0.4) is 0 Å². The summed E-state index contributed by atoms with van der Waals surface area (Å²) in [6, 6.07) is 15.3. The van der Waals surface area contributed by atoms with Gasteiger partial charge in [-0.1, -0.05) is 32.9 Å². The number of pyridine rings is 2. The first-order chi connectivity index (χ1) is 18.7. The maximum absolute atomic E-state index is 7.57. The van der Waals surface area contributed by atoms with Crippen molar-refractivity contribution >= 4 is 25.3 Å². The fraction of sp³-hybridized carbons (Fsp3) is 0.296. The first kappa shape index (κ1) is 21.2. The van der Waals surface area contributed by atoms with Gasteiger partial charge in [0, 0.05) is 23.0 Å². The molecule has 0 spiro atoms. The lowest BCUT2D eigenvalue weighted by molar-refractivity contribution is 0.276. The van der Waals surface area contributed by atoms with Gasteiger partial charge in [-0.25, -0.2) is 15.0 Å². The minimum Gasteiger partial charge on any atom is -0.413 e. The number of aromatic nitrogens is 7. The molecule has 190 valence electrons. The summed E-state index contributed by atoms with van der Waals surface area (Å²) in [5, 5.41) is 8.14. The lowest BCUT2D eigenvalue weighted by atomic mass is 10.2. The van der Waals surface area contributed by atoms with E-state index >= 15 is 0 Å². The molecule has 0 saturated carbocycles. The molecule has 0 aliphatic rings. The van der Waals surface area contributed by atoms with Crippen LogP contribution in [0.15, 0.2) is 60.9 Å². The van der Waals surface area contributed by atoms with Gasteiger partial charge in [-0.2, -0.15) is 15.0 Å². The summed E-state index contributed by atoms with van der Waals surface area (Å²) < 4.78 is 31.0. The van der Waals surface area contributed by atoms with Crippen molar-refractivity contribution in [3.8, 4) is 28.5 Å². The fourth-order valence-corrected chi connectivity index (χ4v) is 4.69. The second kappa shape index (κ2) is 9.20. The van der Waals surface area contributed by atoms with Gasteiger partial charge >= 0.3 is 0 Å². The maximum atomic E-state index is 7.57. The number of fused-ring (bicyclic) bond motifs is 1. The van der Waals surface area contributed by atoms with E-state index in [2.05, 4.69) is 49.0 Å². The second-order valence-corrected chi connectivity index (χ2v) is 15.3. The average Bonchev–Trinajstić information content (AvgIpc) is 3.53. The van der Waals surface area contributed by atoms with Crippen molar-refractivity contribution in [3.63, 3.8) is 0 Å². The van der Waals surface area contributed by atoms with E-state index in [1.807, 2.05) is 47.0 Å². The fourth-order valence-electron chi connectivity index (χ4n) is 3.73. The molecule has 4 aromatic heterocycles. The number of hydrogen-bond donors (Lipinski definition) is 1. The van der Waals surface area contributed by atoms with E-state index in [1.165, 1.54) is 6.20 Å². The van der Waals surface area contributed by atoms with Gasteiger partial charge < -0.3 is 10.2 Å². The Kier molecular flexibility index (Phi) is 5.28. The topological polar surface area (TPSA) is 110 Å². The molecule has 0 atom stereocenters. The van der Waals surface area contributed by atoms with Gasteiger partial charge in [0.2, 0.25) is 0 Å². The van der Waals surface area contributed by atoms with Crippen molar-refractivity contribution in [3.05, 3.63) is 66.5 Å². The number of nitrogens with zero attached hydrogens (tertiary/aromatic N) is 7. The predicted octanol–water partition coefficient (Wildman–Crippen LogP) is 5.38. The summed E-state index contributed by atoms with van der Waals surface area (Å²) >= 11 is 0. The molecule has 1 aromatic carbocycles. The monoisotopic (exact) mass is 515 g/mol. The molecule has 0 aliphatic heterocycles. The molecular formula is C27H32N8OSi. The molecule has 10 heteroatoms. The van der Waals surface area contributed by atoms with Crippen molar-refractivity contribution in [1.29, 1.82) is 0 Å². The number of benzene rings is 1. The average molecular weight is 516 g/mol. The summed E-state index contributed by atoms with van der Waals surface area (Å²) in [6.07, 6.45) is 3.02. The van der Waals surface area contributed by atoms with E-state index < -0.39 is 15.3 Å². The van der Waals surface area contributed by atoms with Crippen LogP contribution in [0.25, 0.3) is 39.6 Å². The Balaban J connectivity index is 1.59. The van der Waals surface area contributed by atoms with Crippen molar-refractivity contribution in [1.82, 2.24) is 34.5 Å². The molecule has 37 heavy (non-hydrogen) atoms. The summed E-state index contributed by atoms with van der Waals surface area (Å²) in [5.74, 6) is 0.931. The normalized spacial score (nSPS) is 13.9. The van der Waals surface area contributed by atoms with Gasteiger partial charge in [-0.05, 0) is 60.1 Å². The quantitative estimate of drug-likeness (QED) is 0.302. The Morgan fingerprint density at radius 2 is 1.81 bits per heavy atom. The van der Waals surface area contributed by atoms with E-state index in [4.69, 9.17) is 24.2 Å². The van der Waals surface area contributed by atoms with Crippen LogP contribution in [0.4, 0.5) is 5.82 Å². The number of nitrogens with two attached hydrogens (primary N) is 1. The summed E-state index contributed by atoms with van der Waals surface area (Å²) in [6.45, 7) is 9.21. The molecule has 9 nitrogen and oxygen atoms in total. The highest BCUT2D eigenvalue weighted by Gasteiger charge is 2.37. The van der Waals surface area contributed by atoms with Crippen molar-refractivity contribution in [2.45, 2.75) is 45.5 Å². The molecule has 5 rings (SSSR count). The third kappa shape index (κ3) is 4.77. The standard InChI is InChI=1S/C27H32N8OSi/c1-27(2,3)37(5,6)36-17-18-9-11-19(12-10-18)35-25(20-8-7-15-29-24(20)28)32-22-14-13-21(31-26(22)35)23-16-30-34(4)33-23/h7-16H,17H2,1-6H3,(H2,28,29)/i4D3. The highest BCUT2D eigenvalue weighted by molar-refractivity contribution is 6.74. The second-order valence-electron chi connectivity index (χ2n) is 10.5. The zero-order valence-electron chi connectivity index (χ0n) is 24.6. The van der Waals surface area contributed by atoms with Crippen molar-refractivity contribution in [2.75, 3.05) is 5.73 Å². The van der Waals surface area contributed by atoms with Crippen LogP contribution in [0, 0.1) is 0 Å². The van der Waals surface area contributed by atoms with E-state index in [0.29, 0.717) is 51.2 Å². The molecule has 0 amide bonds. The molecule has 0 saturated heterocycles. The van der Waals surface area contributed by atoms with Crippen LogP contribution in [-0.4, -0.2) is 42.8 Å². The number of nitrogen functional groups attached to an aromatic ring is 1. The molecule has 0 fully saturated rings. The largest absolute Gasteiger partial charge is 0.413 e. The zero-order chi connectivity index (χ0) is 28.9. The molecular weight excluding hydrogens is 480 g/mol. The van der Waals surface area contributed by atoms with Crippen LogP contribution in [0.5, 0.6) is 0 Å². The number of rotatable bonds is 6. The van der Waals surface area contributed by atoms with Gasteiger partial charge in [-0.15, -0.1) is 0 Å². The van der Waals surface area contributed by atoms with E-state index in [0.717, 1.165) is 11.3 Å². The Morgan fingerprint density at radius 3 is 2.49 bits per heavy atom. The Morgan fingerprint density at radius 1 is 1.03 bits per heavy atom. The maximum Gasteiger partial charge on any atom is 0.192 e. The Hall–Kier alpha value is -3.89. The number of anilines is 1. The summed E-state index contributed by atoms with van der Waals surface area (Å²) in [5.41, 5.74) is 10.8. The van der Waals surface area contributed by atoms with Gasteiger partial charge in [0.25, 0.3) is 0 Å².